The van der Waals surface area contributed by atoms with Crippen molar-refractivity contribution in [2.24, 2.45) is 17.8 Å². The minimum absolute atomic E-state index is 0.783. The summed E-state index contributed by atoms with van der Waals surface area (Å²) in [7, 11) is 0. The Bertz CT molecular complexity index is 740. The quantitative estimate of drug-likeness (QED) is 0.498. The highest BCUT2D eigenvalue weighted by molar-refractivity contribution is 5.84. The van der Waals surface area contributed by atoms with E-state index in [2.05, 4.69) is 56.0 Å². The van der Waals surface area contributed by atoms with Gasteiger partial charge in [-0.25, -0.2) is 0 Å². The van der Waals surface area contributed by atoms with Gasteiger partial charge in [-0.2, -0.15) is 0 Å². The maximum Gasteiger partial charge on any atom is -0.0162 e. The van der Waals surface area contributed by atoms with E-state index in [1.807, 2.05) is 0 Å². The van der Waals surface area contributed by atoms with E-state index in [1.165, 1.54) is 67.7 Å². The predicted octanol–water partition coefficient (Wildman–Crippen LogP) is 7.67. The lowest BCUT2D eigenvalue weighted by atomic mass is 9.68. The normalized spacial score (nSPS) is 29.6. The molecule has 0 nitrogen and oxygen atoms in total. The zero-order valence-electron chi connectivity index (χ0n) is 16.4. The van der Waals surface area contributed by atoms with Crippen molar-refractivity contribution in [1.29, 1.82) is 0 Å². The van der Waals surface area contributed by atoms with Crippen molar-refractivity contribution >= 4 is 10.8 Å². The lowest BCUT2D eigenvalue weighted by Crippen LogP contribution is -2.25. The Hall–Kier alpha value is -1.56. The third-order valence-electron chi connectivity index (χ3n) is 7.40. The van der Waals surface area contributed by atoms with Crippen LogP contribution in [-0.4, -0.2) is 0 Å². The fraction of sp³-hybridized carbons (Fsp3) is 0.538. The van der Waals surface area contributed by atoms with E-state index in [1.54, 1.807) is 5.56 Å². The third kappa shape index (κ3) is 3.75. The molecule has 2 saturated carbocycles. The van der Waals surface area contributed by atoms with Crippen molar-refractivity contribution in [3.05, 3.63) is 60.2 Å². The average Bonchev–Trinajstić information content (AvgIpc) is 2.73. The number of allylic oxidation sites excluding steroid dienone is 1. The summed E-state index contributed by atoms with van der Waals surface area (Å²) < 4.78 is 0. The molecule has 0 radical (unpaired) electrons. The van der Waals surface area contributed by atoms with Gasteiger partial charge in [-0.15, -0.1) is 6.58 Å². The molecule has 0 N–H and O–H groups in total. The molecule has 0 bridgehead atoms. The second-order valence-electron chi connectivity index (χ2n) is 8.82. The monoisotopic (exact) mass is 346 g/mol. The molecule has 0 amide bonds. The third-order valence-corrected chi connectivity index (χ3v) is 7.40. The first-order valence-electron chi connectivity index (χ1n) is 10.9. The van der Waals surface area contributed by atoms with Crippen LogP contribution in [0.2, 0.25) is 0 Å². The highest BCUT2D eigenvalue weighted by Gasteiger charge is 2.30. The topological polar surface area (TPSA) is 0 Å². The summed E-state index contributed by atoms with van der Waals surface area (Å²) >= 11 is 0. The standard InChI is InChI=1S/C26H34/c1-3-19-5-8-21(9-6-19)22-11-13-23(14-12-22)25-16-15-24-17-20(4-2)7-10-26(24)18-25/h3,7,10,15-19,21-23H,1,4-6,8-9,11-14H2,2H3. The van der Waals surface area contributed by atoms with Gasteiger partial charge in [0.05, 0.1) is 0 Å². The van der Waals surface area contributed by atoms with Crippen molar-refractivity contribution < 1.29 is 0 Å². The van der Waals surface area contributed by atoms with Gasteiger partial charge in [0.2, 0.25) is 0 Å². The SMILES string of the molecule is C=CC1CCC(C2CCC(c3ccc4cc(CC)ccc4c3)CC2)CC1. The van der Waals surface area contributed by atoms with Gasteiger partial charge in [-0.05, 0) is 103 Å². The van der Waals surface area contributed by atoms with Crippen molar-refractivity contribution in [3.63, 3.8) is 0 Å². The van der Waals surface area contributed by atoms with Gasteiger partial charge in [0.15, 0.2) is 0 Å². The molecular formula is C26H34. The number of benzene rings is 2. The molecule has 0 aliphatic heterocycles. The van der Waals surface area contributed by atoms with Crippen LogP contribution < -0.4 is 0 Å². The van der Waals surface area contributed by atoms with Crippen LogP contribution in [0.1, 0.15) is 75.3 Å². The van der Waals surface area contributed by atoms with Crippen LogP contribution in [0.25, 0.3) is 10.8 Å². The van der Waals surface area contributed by atoms with Gasteiger partial charge in [0.1, 0.15) is 0 Å². The molecule has 0 unspecified atom stereocenters. The molecule has 2 aliphatic carbocycles. The molecule has 0 saturated heterocycles. The lowest BCUT2D eigenvalue weighted by molar-refractivity contribution is 0.171. The molecule has 2 fully saturated rings. The lowest BCUT2D eigenvalue weighted by Gasteiger charge is -2.37. The Balaban J connectivity index is 1.38. The summed E-state index contributed by atoms with van der Waals surface area (Å²) in [5.41, 5.74) is 3.02. The van der Waals surface area contributed by atoms with Crippen molar-refractivity contribution in [2.75, 3.05) is 0 Å². The van der Waals surface area contributed by atoms with Crippen LogP contribution in [-0.2, 0) is 6.42 Å². The van der Waals surface area contributed by atoms with Crippen molar-refractivity contribution in [2.45, 2.75) is 70.6 Å². The van der Waals surface area contributed by atoms with E-state index in [0.29, 0.717) is 0 Å². The zero-order valence-corrected chi connectivity index (χ0v) is 16.4. The summed E-state index contributed by atoms with van der Waals surface area (Å²) in [6.07, 6.45) is 14.7. The maximum atomic E-state index is 4.00. The van der Waals surface area contributed by atoms with E-state index < -0.39 is 0 Å². The van der Waals surface area contributed by atoms with Gasteiger partial charge >= 0.3 is 0 Å². The molecule has 0 heteroatoms. The largest absolute Gasteiger partial charge is 0.103 e. The summed E-state index contributed by atoms with van der Waals surface area (Å²) in [5.74, 6) is 3.57. The van der Waals surface area contributed by atoms with Gasteiger partial charge in [0.25, 0.3) is 0 Å². The van der Waals surface area contributed by atoms with Crippen LogP contribution in [0.5, 0.6) is 0 Å². The van der Waals surface area contributed by atoms with E-state index in [-0.39, 0.29) is 0 Å². The Morgan fingerprint density at radius 1 is 0.808 bits per heavy atom. The second kappa shape index (κ2) is 7.99. The van der Waals surface area contributed by atoms with Crippen LogP contribution in [0, 0.1) is 17.8 Å². The molecule has 26 heavy (non-hydrogen) atoms. The van der Waals surface area contributed by atoms with Crippen molar-refractivity contribution in [3.8, 4) is 0 Å². The number of aryl methyl sites for hydroxylation is 1. The molecule has 0 aromatic heterocycles. The first kappa shape index (κ1) is 17.8. The maximum absolute atomic E-state index is 4.00. The first-order valence-corrected chi connectivity index (χ1v) is 10.9. The van der Waals surface area contributed by atoms with E-state index >= 15 is 0 Å². The van der Waals surface area contributed by atoms with E-state index in [0.717, 1.165) is 30.1 Å². The first-order chi connectivity index (χ1) is 12.8. The molecule has 2 aromatic rings. The minimum Gasteiger partial charge on any atom is -0.103 e. The Morgan fingerprint density at radius 2 is 1.42 bits per heavy atom. The van der Waals surface area contributed by atoms with Gasteiger partial charge in [-0.1, -0.05) is 49.4 Å². The van der Waals surface area contributed by atoms with E-state index in [4.69, 9.17) is 0 Å². The summed E-state index contributed by atoms with van der Waals surface area (Å²) in [6, 6.07) is 14.2. The minimum atomic E-state index is 0.783. The average molecular weight is 347 g/mol. The second-order valence-corrected chi connectivity index (χ2v) is 8.82. The highest BCUT2D eigenvalue weighted by atomic mass is 14.4. The van der Waals surface area contributed by atoms with Crippen LogP contribution >= 0.6 is 0 Å². The van der Waals surface area contributed by atoms with Gasteiger partial charge < -0.3 is 0 Å². The number of hydrogen-bond donors (Lipinski definition) is 0. The Morgan fingerprint density at radius 3 is 2.08 bits per heavy atom. The van der Waals surface area contributed by atoms with E-state index in [9.17, 15) is 0 Å². The molecule has 2 aliphatic rings. The molecule has 0 atom stereocenters. The Kier molecular flexibility index (Phi) is 5.48. The summed E-state index contributed by atoms with van der Waals surface area (Å²) in [4.78, 5) is 0. The molecule has 0 heterocycles. The van der Waals surface area contributed by atoms with Gasteiger partial charge in [0, 0.05) is 0 Å². The zero-order chi connectivity index (χ0) is 17.9. The fourth-order valence-electron chi connectivity index (χ4n) is 5.56. The number of rotatable bonds is 4. The fourth-order valence-corrected chi connectivity index (χ4v) is 5.56. The predicted molar refractivity (Wildman–Crippen MR) is 114 cm³/mol. The summed E-state index contributed by atoms with van der Waals surface area (Å²) in [6.45, 7) is 6.23. The molecule has 2 aromatic carbocycles. The highest BCUT2D eigenvalue weighted by Crippen LogP contribution is 2.44. The molecule has 0 spiro atoms. The van der Waals surface area contributed by atoms with Crippen molar-refractivity contribution in [1.82, 2.24) is 0 Å². The number of fused-ring (bicyclic) bond motifs is 1. The van der Waals surface area contributed by atoms with Crippen LogP contribution in [0.4, 0.5) is 0 Å². The number of hydrogen-bond acceptors (Lipinski definition) is 0. The smallest absolute Gasteiger partial charge is 0.0162 e. The summed E-state index contributed by atoms with van der Waals surface area (Å²) in [5, 5.41) is 2.82. The van der Waals surface area contributed by atoms with Crippen LogP contribution in [0.15, 0.2) is 49.1 Å². The molecule has 4 rings (SSSR count). The van der Waals surface area contributed by atoms with Gasteiger partial charge in [-0.3, -0.25) is 0 Å². The molecular weight excluding hydrogens is 312 g/mol. The van der Waals surface area contributed by atoms with Crippen LogP contribution in [0.3, 0.4) is 0 Å². The molecule has 138 valence electrons. The Labute approximate surface area is 159 Å².